The second-order valence-electron chi connectivity index (χ2n) is 6.43. The molecule has 1 aromatic heterocycles. The van der Waals surface area contributed by atoms with Crippen molar-refractivity contribution in [3.8, 4) is 0 Å². The Morgan fingerprint density at radius 3 is 2.60 bits per heavy atom. The van der Waals surface area contributed by atoms with Crippen LogP contribution in [0.1, 0.15) is 23.1 Å². The quantitative estimate of drug-likeness (QED) is 0.785. The van der Waals surface area contributed by atoms with Gasteiger partial charge in [-0.25, -0.2) is 0 Å². The van der Waals surface area contributed by atoms with Crippen LogP contribution in [0.25, 0.3) is 0 Å². The molecule has 0 radical (unpaired) electrons. The van der Waals surface area contributed by atoms with Crippen LogP contribution in [-0.4, -0.2) is 46.7 Å². The zero-order valence-corrected chi connectivity index (χ0v) is 14.5. The Bertz CT molecular complexity index is 746. The standard InChI is InChI=1S/C20H23N3O2/c1-22(12-8-16-6-10-21-11-7-16)19(24)14-20(25)23-13-9-17-4-2-3-5-18(17)15-23/h2-7,10-11H,8-9,12-15H2,1H3. The zero-order valence-electron chi connectivity index (χ0n) is 14.5. The number of hydrogen-bond donors (Lipinski definition) is 0. The summed E-state index contributed by atoms with van der Waals surface area (Å²) in [6.45, 7) is 1.88. The summed E-state index contributed by atoms with van der Waals surface area (Å²) in [6, 6.07) is 12.1. The van der Waals surface area contributed by atoms with Crippen LogP contribution in [0.4, 0.5) is 0 Å². The van der Waals surface area contributed by atoms with E-state index in [0.717, 1.165) is 18.4 Å². The lowest BCUT2D eigenvalue weighted by molar-refractivity contribution is -0.140. The third-order valence-electron chi connectivity index (χ3n) is 4.70. The van der Waals surface area contributed by atoms with Crippen molar-refractivity contribution >= 4 is 11.8 Å². The van der Waals surface area contributed by atoms with E-state index in [1.165, 1.54) is 11.1 Å². The van der Waals surface area contributed by atoms with Gasteiger partial charge < -0.3 is 9.80 Å². The van der Waals surface area contributed by atoms with Crippen molar-refractivity contribution in [1.82, 2.24) is 14.8 Å². The minimum atomic E-state index is -0.127. The fourth-order valence-corrected chi connectivity index (χ4v) is 3.06. The van der Waals surface area contributed by atoms with Crippen LogP contribution in [-0.2, 0) is 29.0 Å². The maximum absolute atomic E-state index is 12.5. The maximum atomic E-state index is 12.5. The average molecular weight is 337 g/mol. The van der Waals surface area contributed by atoms with E-state index in [-0.39, 0.29) is 18.2 Å². The molecule has 5 heteroatoms. The van der Waals surface area contributed by atoms with Gasteiger partial charge in [0.1, 0.15) is 6.42 Å². The number of carbonyl (C=O) groups is 2. The van der Waals surface area contributed by atoms with E-state index in [1.807, 2.05) is 24.3 Å². The molecule has 0 saturated carbocycles. The molecule has 2 amide bonds. The summed E-state index contributed by atoms with van der Waals surface area (Å²) in [5.74, 6) is -0.215. The first kappa shape index (κ1) is 17.1. The molecule has 25 heavy (non-hydrogen) atoms. The number of nitrogens with zero attached hydrogens (tertiary/aromatic N) is 3. The summed E-state index contributed by atoms with van der Waals surface area (Å²) in [5.41, 5.74) is 3.61. The van der Waals surface area contributed by atoms with Gasteiger partial charge in [0.25, 0.3) is 0 Å². The van der Waals surface area contributed by atoms with Gasteiger partial charge in [-0.1, -0.05) is 24.3 Å². The first-order valence-corrected chi connectivity index (χ1v) is 8.61. The van der Waals surface area contributed by atoms with Gasteiger partial charge >= 0.3 is 0 Å². The molecule has 1 aliphatic rings. The highest BCUT2D eigenvalue weighted by Crippen LogP contribution is 2.19. The van der Waals surface area contributed by atoms with E-state index >= 15 is 0 Å². The van der Waals surface area contributed by atoms with Crippen molar-refractivity contribution in [3.05, 3.63) is 65.5 Å². The molecule has 1 aliphatic heterocycles. The molecule has 5 nitrogen and oxygen atoms in total. The lowest BCUT2D eigenvalue weighted by atomic mass is 10.00. The fourth-order valence-electron chi connectivity index (χ4n) is 3.06. The summed E-state index contributed by atoms with van der Waals surface area (Å²) >= 11 is 0. The number of likely N-dealkylation sites (N-methyl/N-ethyl adjacent to an activating group) is 1. The highest BCUT2D eigenvalue weighted by atomic mass is 16.2. The number of hydrogen-bond acceptors (Lipinski definition) is 3. The smallest absolute Gasteiger partial charge is 0.232 e. The highest BCUT2D eigenvalue weighted by Gasteiger charge is 2.23. The molecular formula is C20H23N3O2. The van der Waals surface area contributed by atoms with Crippen LogP contribution >= 0.6 is 0 Å². The normalized spacial score (nSPS) is 13.2. The lowest BCUT2D eigenvalue weighted by Gasteiger charge is -2.29. The largest absolute Gasteiger partial charge is 0.345 e. The highest BCUT2D eigenvalue weighted by molar-refractivity contribution is 5.96. The predicted molar refractivity (Wildman–Crippen MR) is 95.8 cm³/mol. The summed E-state index contributed by atoms with van der Waals surface area (Å²) < 4.78 is 0. The Labute approximate surface area is 148 Å². The third-order valence-corrected chi connectivity index (χ3v) is 4.70. The van der Waals surface area contributed by atoms with Crippen LogP contribution in [0.2, 0.25) is 0 Å². The van der Waals surface area contributed by atoms with Crippen molar-refractivity contribution in [2.45, 2.75) is 25.8 Å². The number of aromatic nitrogens is 1. The number of rotatable bonds is 5. The van der Waals surface area contributed by atoms with Crippen molar-refractivity contribution in [2.75, 3.05) is 20.1 Å². The second kappa shape index (κ2) is 7.92. The predicted octanol–water partition coefficient (Wildman–Crippen LogP) is 2.06. The van der Waals surface area contributed by atoms with Gasteiger partial charge in [-0.15, -0.1) is 0 Å². The van der Waals surface area contributed by atoms with E-state index in [9.17, 15) is 9.59 Å². The number of fused-ring (bicyclic) bond motifs is 1. The zero-order chi connectivity index (χ0) is 17.6. The van der Waals surface area contributed by atoms with Crippen molar-refractivity contribution < 1.29 is 9.59 Å². The van der Waals surface area contributed by atoms with E-state index < -0.39 is 0 Å². The molecule has 0 saturated heterocycles. The summed E-state index contributed by atoms with van der Waals surface area (Å²) in [4.78, 5) is 32.2. The Morgan fingerprint density at radius 1 is 1.12 bits per heavy atom. The van der Waals surface area contributed by atoms with Gasteiger partial charge in [-0.05, 0) is 41.7 Å². The van der Waals surface area contributed by atoms with E-state index in [1.54, 1.807) is 29.2 Å². The Kier molecular flexibility index (Phi) is 5.43. The monoisotopic (exact) mass is 337 g/mol. The van der Waals surface area contributed by atoms with Gasteiger partial charge in [0.2, 0.25) is 11.8 Å². The molecule has 2 aromatic rings. The van der Waals surface area contributed by atoms with Gasteiger partial charge in [-0.3, -0.25) is 14.6 Å². The number of pyridine rings is 1. The van der Waals surface area contributed by atoms with E-state index in [2.05, 4.69) is 17.1 Å². The van der Waals surface area contributed by atoms with Gasteiger partial charge in [-0.2, -0.15) is 0 Å². The van der Waals surface area contributed by atoms with Gasteiger partial charge in [0, 0.05) is 39.1 Å². The average Bonchev–Trinajstić information content (AvgIpc) is 2.66. The molecule has 3 rings (SSSR count). The van der Waals surface area contributed by atoms with Crippen LogP contribution < -0.4 is 0 Å². The molecule has 130 valence electrons. The summed E-state index contributed by atoms with van der Waals surface area (Å²) in [7, 11) is 1.75. The molecule has 0 fully saturated rings. The Balaban J connectivity index is 1.50. The second-order valence-corrected chi connectivity index (χ2v) is 6.43. The molecule has 0 atom stereocenters. The number of carbonyl (C=O) groups excluding carboxylic acids is 2. The lowest BCUT2D eigenvalue weighted by Crippen LogP contribution is -2.39. The Morgan fingerprint density at radius 2 is 1.84 bits per heavy atom. The molecule has 2 heterocycles. The van der Waals surface area contributed by atoms with Crippen LogP contribution in [0.15, 0.2) is 48.8 Å². The van der Waals surface area contributed by atoms with Crippen molar-refractivity contribution in [2.24, 2.45) is 0 Å². The summed E-state index contributed by atoms with van der Waals surface area (Å²) in [6.07, 6.45) is 5.04. The van der Waals surface area contributed by atoms with E-state index in [4.69, 9.17) is 0 Å². The SMILES string of the molecule is CN(CCc1ccncc1)C(=O)CC(=O)N1CCc2ccccc2C1. The van der Waals surface area contributed by atoms with Crippen LogP contribution in [0.5, 0.6) is 0 Å². The van der Waals surface area contributed by atoms with E-state index in [0.29, 0.717) is 19.6 Å². The van der Waals surface area contributed by atoms with Crippen molar-refractivity contribution in [1.29, 1.82) is 0 Å². The minimum Gasteiger partial charge on any atom is -0.345 e. The van der Waals surface area contributed by atoms with Crippen LogP contribution in [0, 0.1) is 0 Å². The molecule has 0 N–H and O–H groups in total. The first-order valence-electron chi connectivity index (χ1n) is 8.61. The van der Waals surface area contributed by atoms with Gasteiger partial charge in [0.15, 0.2) is 0 Å². The number of amides is 2. The third kappa shape index (κ3) is 4.44. The topological polar surface area (TPSA) is 53.5 Å². The Hall–Kier alpha value is -2.69. The molecule has 0 bridgehead atoms. The first-order chi connectivity index (χ1) is 12.1. The van der Waals surface area contributed by atoms with Crippen molar-refractivity contribution in [3.63, 3.8) is 0 Å². The fraction of sp³-hybridized carbons (Fsp3) is 0.350. The van der Waals surface area contributed by atoms with Crippen LogP contribution in [0.3, 0.4) is 0 Å². The molecule has 0 aliphatic carbocycles. The van der Waals surface area contributed by atoms with Gasteiger partial charge in [0.05, 0.1) is 0 Å². The molecule has 0 spiro atoms. The molecule has 0 unspecified atom stereocenters. The molecule has 1 aromatic carbocycles. The molecular weight excluding hydrogens is 314 g/mol. The minimum absolute atomic E-state index is 0.0605. The summed E-state index contributed by atoms with van der Waals surface area (Å²) in [5, 5.41) is 0. The maximum Gasteiger partial charge on any atom is 0.232 e. The number of benzene rings is 1.